The van der Waals surface area contributed by atoms with Gasteiger partial charge < -0.3 is 40.0 Å². The zero-order valence-corrected chi connectivity index (χ0v) is 20.9. The molecular weight excluding hydrogens is 452 g/mol. The van der Waals surface area contributed by atoms with Gasteiger partial charge in [0.2, 0.25) is 0 Å². The number of hydrogen-bond acceptors (Lipinski definition) is 4. The summed E-state index contributed by atoms with van der Waals surface area (Å²) in [6.45, 7) is 19.1. The normalized spacial score (nSPS) is 8.48. The number of carboxylic acid groups (broad SMARTS) is 4. The van der Waals surface area contributed by atoms with E-state index in [-0.39, 0.29) is 11.0 Å². The Kier molecular flexibility index (Phi) is 33.7. The van der Waals surface area contributed by atoms with Crippen molar-refractivity contribution in [2.24, 2.45) is 0 Å². The summed E-state index contributed by atoms with van der Waals surface area (Å²) in [5.41, 5.74) is 0. The van der Waals surface area contributed by atoms with Gasteiger partial charge in [-0.3, -0.25) is 0 Å². The molecule has 0 aliphatic heterocycles. The first-order chi connectivity index (χ1) is 14.9. The Morgan fingerprint density at radius 2 is 0.485 bits per heavy atom. The van der Waals surface area contributed by atoms with Gasteiger partial charge in [0, 0.05) is 52.4 Å². The first-order valence-corrected chi connectivity index (χ1v) is 10.8. The summed E-state index contributed by atoms with van der Waals surface area (Å²) in [5, 5.41) is 33.2. The van der Waals surface area contributed by atoms with Crippen LogP contribution in [0.3, 0.4) is 0 Å². The topological polar surface area (TPSA) is 162 Å². The van der Waals surface area contributed by atoms with Crippen molar-refractivity contribution in [2.45, 2.75) is 55.4 Å². The molecule has 12 nitrogen and oxygen atoms in total. The highest BCUT2D eigenvalue weighted by Gasteiger charge is 2.04. The summed E-state index contributed by atoms with van der Waals surface area (Å²) in [7, 11) is 0. The minimum atomic E-state index is -0.838. The first-order valence-electron chi connectivity index (χ1n) is 10.8. The zero-order valence-electron chi connectivity index (χ0n) is 20.9. The van der Waals surface area contributed by atoms with Crippen LogP contribution < -0.4 is 0 Å². The van der Waals surface area contributed by atoms with Gasteiger partial charge in [-0.25, -0.2) is 19.2 Å². The molecule has 200 valence electrons. The monoisotopic (exact) mass is 500 g/mol. The predicted octanol–water partition coefficient (Wildman–Crippen LogP) is 2.57. The van der Waals surface area contributed by atoms with Crippen molar-refractivity contribution < 1.29 is 39.6 Å². The molecular formula is C20H48N4O8Si. The van der Waals surface area contributed by atoms with Crippen LogP contribution in [0.2, 0.25) is 0 Å². The van der Waals surface area contributed by atoms with Gasteiger partial charge >= 0.3 is 24.4 Å². The molecule has 4 N–H and O–H groups in total. The minimum absolute atomic E-state index is 0. The van der Waals surface area contributed by atoms with E-state index in [9.17, 15) is 19.2 Å². The molecule has 0 aromatic rings. The van der Waals surface area contributed by atoms with Crippen molar-refractivity contribution in [3.63, 3.8) is 0 Å². The number of hydrogen-bond donors (Lipinski definition) is 4. The van der Waals surface area contributed by atoms with E-state index in [4.69, 9.17) is 20.4 Å². The highest BCUT2D eigenvalue weighted by Crippen LogP contribution is 1.86. The van der Waals surface area contributed by atoms with Gasteiger partial charge in [0.1, 0.15) is 0 Å². The Hall–Kier alpha value is -2.70. The number of amides is 4. The van der Waals surface area contributed by atoms with Crippen LogP contribution in [-0.4, -0.2) is 128 Å². The lowest BCUT2D eigenvalue weighted by atomic mass is 10.6. The maximum atomic E-state index is 10.1. The van der Waals surface area contributed by atoms with Crippen LogP contribution in [0.4, 0.5) is 19.2 Å². The lowest BCUT2D eigenvalue weighted by molar-refractivity contribution is 0.149. The van der Waals surface area contributed by atoms with Crippen LogP contribution in [-0.2, 0) is 0 Å². The molecule has 0 aromatic heterocycles. The number of rotatable bonds is 8. The maximum absolute atomic E-state index is 10.1. The second-order valence-corrected chi connectivity index (χ2v) is 5.82. The van der Waals surface area contributed by atoms with Crippen LogP contribution in [0.1, 0.15) is 55.4 Å². The first kappa shape index (κ1) is 40.6. The van der Waals surface area contributed by atoms with Crippen molar-refractivity contribution in [2.75, 3.05) is 52.4 Å². The average molecular weight is 501 g/mol. The Labute approximate surface area is 202 Å². The quantitative estimate of drug-likeness (QED) is 0.370. The van der Waals surface area contributed by atoms with Crippen molar-refractivity contribution in [3.8, 4) is 0 Å². The third-order valence-electron chi connectivity index (χ3n) is 4.14. The molecule has 0 aromatic carbocycles. The summed E-state index contributed by atoms with van der Waals surface area (Å²) in [5.74, 6) is 0. The predicted molar refractivity (Wildman–Crippen MR) is 135 cm³/mol. The molecule has 0 spiro atoms. The second-order valence-electron chi connectivity index (χ2n) is 5.82. The lowest BCUT2D eigenvalue weighted by Crippen LogP contribution is -2.28. The summed E-state index contributed by atoms with van der Waals surface area (Å²) < 4.78 is 0. The van der Waals surface area contributed by atoms with Gasteiger partial charge in [-0.1, -0.05) is 0 Å². The molecule has 13 heteroatoms. The van der Waals surface area contributed by atoms with Gasteiger partial charge in [0.25, 0.3) is 0 Å². The molecule has 0 aliphatic carbocycles. The van der Waals surface area contributed by atoms with E-state index < -0.39 is 24.4 Å². The Morgan fingerprint density at radius 3 is 0.485 bits per heavy atom. The van der Waals surface area contributed by atoms with E-state index in [1.165, 1.54) is 19.6 Å². The number of nitrogens with zero attached hydrogens (tertiary/aromatic N) is 4. The molecule has 33 heavy (non-hydrogen) atoms. The van der Waals surface area contributed by atoms with Crippen LogP contribution in [0.25, 0.3) is 0 Å². The molecule has 0 unspecified atom stereocenters. The molecule has 0 saturated heterocycles. The third kappa shape index (κ3) is 25.4. The van der Waals surface area contributed by atoms with Crippen molar-refractivity contribution in [1.82, 2.24) is 19.6 Å². The molecule has 0 heterocycles. The Balaban J connectivity index is -0.000000105. The highest BCUT2D eigenvalue weighted by atomic mass is 28.1. The molecule has 0 saturated carbocycles. The van der Waals surface area contributed by atoms with E-state index in [0.29, 0.717) is 52.4 Å². The summed E-state index contributed by atoms with van der Waals surface area (Å²) in [4.78, 5) is 45.7. The third-order valence-corrected chi connectivity index (χ3v) is 4.14. The molecule has 0 radical (unpaired) electrons. The van der Waals surface area contributed by atoms with Crippen LogP contribution in [0, 0.1) is 0 Å². The fraction of sp³-hybridized carbons (Fsp3) is 0.800. The fourth-order valence-electron chi connectivity index (χ4n) is 1.98. The van der Waals surface area contributed by atoms with Gasteiger partial charge in [0.05, 0.1) is 0 Å². The molecule has 0 atom stereocenters. The van der Waals surface area contributed by atoms with Crippen molar-refractivity contribution in [3.05, 3.63) is 0 Å². The van der Waals surface area contributed by atoms with Crippen LogP contribution >= 0.6 is 0 Å². The zero-order chi connectivity index (χ0) is 26.3. The second kappa shape index (κ2) is 27.3. The molecule has 4 amide bonds. The van der Waals surface area contributed by atoms with E-state index in [1.807, 2.05) is 55.4 Å². The van der Waals surface area contributed by atoms with Gasteiger partial charge in [-0.15, -0.1) is 0 Å². The standard InChI is InChI=1S/4C5H11NO2.H4Si/c4*1-3-6(4-2)5(7)8;/h4*3-4H2,1-2H3,(H,7,8);1H4. The average Bonchev–Trinajstić information content (AvgIpc) is 2.72. The summed E-state index contributed by atoms with van der Waals surface area (Å²) in [6, 6.07) is 0. The summed E-state index contributed by atoms with van der Waals surface area (Å²) >= 11 is 0. The molecule has 0 aliphatic rings. The maximum Gasteiger partial charge on any atom is 0.407 e. The van der Waals surface area contributed by atoms with Crippen molar-refractivity contribution in [1.29, 1.82) is 0 Å². The minimum Gasteiger partial charge on any atom is -0.465 e. The van der Waals surface area contributed by atoms with Gasteiger partial charge in [-0.2, -0.15) is 0 Å². The van der Waals surface area contributed by atoms with E-state index in [2.05, 4.69) is 0 Å². The van der Waals surface area contributed by atoms with Gasteiger partial charge in [0.15, 0.2) is 0 Å². The number of carbonyl (C=O) groups is 4. The lowest BCUT2D eigenvalue weighted by Gasteiger charge is -2.12. The molecule has 0 bridgehead atoms. The Bertz CT molecular complexity index is 408. The van der Waals surface area contributed by atoms with E-state index >= 15 is 0 Å². The van der Waals surface area contributed by atoms with Crippen molar-refractivity contribution >= 4 is 35.3 Å². The van der Waals surface area contributed by atoms with E-state index in [0.717, 1.165) is 0 Å². The SMILES string of the molecule is CCN(CC)C(=O)O.CCN(CC)C(=O)O.CCN(CC)C(=O)O.CCN(CC)C(=O)O.[SiH4]. The van der Waals surface area contributed by atoms with E-state index in [1.54, 1.807) is 0 Å². The van der Waals surface area contributed by atoms with Gasteiger partial charge in [-0.05, 0) is 66.4 Å². The van der Waals surface area contributed by atoms with Crippen LogP contribution in [0.5, 0.6) is 0 Å². The smallest absolute Gasteiger partial charge is 0.407 e. The molecule has 0 rings (SSSR count). The summed E-state index contributed by atoms with van der Waals surface area (Å²) in [6.07, 6.45) is -3.35. The molecule has 0 fully saturated rings. The largest absolute Gasteiger partial charge is 0.465 e. The van der Waals surface area contributed by atoms with Crippen LogP contribution in [0.15, 0.2) is 0 Å². The Morgan fingerprint density at radius 1 is 0.394 bits per heavy atom. The highest BCUT2D eigenvalue weighted by molar-refractivity contribution is 5.75. The fourth-order valence-corrected chi connectivity index (χ4v) is 1.98.